The highest BCUT2D eigenvalue weighted by Gasteiger charge is 2.28. The maximum atomic E-state index is 12.4. The zero-order valence-electron chi connectivity index (χ0n) is 15.1. The Morgan fingerprint density at radius 2 is 2.21 bits per heavy atom. The first-order chi connectivity index (χ1) is 13.6. The van der Waals surface area contributed by atoms with E-state index in [9.17, 15) is 9.59 Å². The fourth-order valence-electron chi connectivity index (χ4n) is 3.17. The van der Waals surface area contributed by atoms with E-state index in [2.05, 4.69) is 20.4 Å². The SMILES string of the molecule is O=C(CN1C(=O)CCn2nc(-c3cccc(Cl)c3)cc21)NCCc1cnc[nH]1. The summed E-state index contributed by atoms with van der Waals surface area (Å²) in [5, 5.41) is 8.03. The largest absolute Gasteiger partial charge is 0.354 e. The van der Waals surface area contributed by atoms with Gasteiger partial charge in [-0.2, -0.15) is 5.10 Å². The molecule has 0 bridgehead atoms. The van der Waals surface area contributed by atoms with E-state index in [-0.39, 0.29) is 18.4 Å². The number of hydrogen-bond donors (Lipinski definition) is 2. The average Bonchev–Trinajstić information content (AvgIpc) is 3.34. The van der Waals surface area contributed by atoms with E-state index >= 15 is 0 Å². The number of rotatable bonds is 6. The number of carbonyl (C=O) groups is 2. The molecule has 1 aliphatic heterocycles. The number of aromatic nitrogens is 4. The number of halogens is 1. The molecule has 0 unspecified atom stereocenters. The molecule has 1 aliphatic rings. The van der Waals surface area contributed by atoms with Gasteiger partial charge in [-0.1, -0.05) is 23.7 Å². The van der Waals surface area contributed by atoms with E-state index in [1.807, 2.05) is 24.3 Å². The highest BCUT2D eigenvalue weighted by molar-refractivity contribution is 6.30. The van der Waals surface area contributed by atoms with Crippen LogP contribution >= 0.6 is 11.6 Å². The van der Waals surface area contributed by atoms with Crippen LogP contribution in [0, 0.1) is 0 Å². The first-order valence-corrected chi connectivity index (χ1v) is 9.36. The molecule has 0 aliphatic carbocycles. The molecule has 0 saturated heterocycles. The molecule has 28 heavy (non-hydrogen) atoms. The van der Waals surface area contributed by atoms with Crippen molar-refractivity contribution in [3.8, 4) is 11.3 Å². The fourth-order valence-corrected chi connectivity index (χ4v) is 3.36. The van der Waals surface area contributed by atoms with Gasteiger partial charge < -0.3 is 10.3 Å². The topological polar surface area (TPSA) is 95.9 Å². The van der Waals surface area contributed by atoms with Crippen LogP contribution in [0.2, 0.25) is 5.02 Å². The predicted molar refractivity (Wildman–Crippen MR) is 105 cm³/mol. The first kappa shape index (κ1) is 18.2. The van der Waals surface area contributed by atoms with Crippen LogP contribution in [-0.2, 0) is 22.6 Å². The van der Waals surface area contributed by atoms with Crippen molar-refractivity contribution in [1.82, 2.24) is 25.1 Å². The monoisotopic (exact) mass is 398 g/mol. The van der Waals surface area contributed by atoms with E-state index in [4.69, 9.17) is 11.6 Å². The van der Waals surface area contributed by atoms with Gasteiger partial charge >= 0.3 is 0 Å². The molecule has 1 aromatic carbocycles. The summed E-state index contributed by atoms with van der Waals surface area (Å²) in [6, 6.07) is 9.20. The summed E-state index contributed by atoms with van der Waals surface area (Å²) in [5.41, 5.74) is 2.53. The molecule has 2 aromatic heterocycles. The molecule has 0 spiro atoms. The van der Waals surface area contributed by atoms with Crippen molar-refractivity contribution in [2.45, 2.75) is 19.4 Å². The third-order valence-corrected chi connectivity index (χ3v) is 4.80. The van der Waals surface area contributed by atoms with Gasteiger partial charge in [0.15, 0.2) is 0 Å². The van der Waals surface area contributed by atoms with E-state index in [1.165, 1.54) is 4.90 Å². The molecular weight excluding hydrogens is 380 g/mol. The van der Waals surface area contributed by atoms with Gasteiger partial charge in [0.05, 0.1) is 18.6 Å². The Kier molecular flexibility index (Phi) is 5.12. The lowest BCUT2D eigenvalue weighted by Gasteiger charge is -2.26. The number of aromatic amines is 1. The Morgan fingerprint density at radius 1 is 1.32 bits per heavy atom. The van der Waals surface area contributed by atoms with Gasteiger partial charge in [0, 0.05) is 47.9 Å². The number of amides is 2. The van der Waals surface area contributed by atoms with Gasteiger partial charge in [-0.25, -0.2) is 9.67 Å². The first-order valence-electron chi connectivity index (χ1n) is 8.98. The van der Waals surface area contributed by atoms with Gasteiger partial charge in [0.25, 0.3) is 0 Å². The summed E-state index contributed by atoms with van der Waals surface area (Å²) in [4.78, 5) is 33.2. The number of benzene rings is 1. The van der Waals surface area contributed by atoms with Crippen molar-refractivity contribution in [2.24, 2.45) is 0 Å². The summed E-state index contributed by atoms with van der Waals surface area (Å²) < 4.78 is 1.76. The highest BCUT2D eigenvalue weighted by atomic mass is 35.5. The summed E-state index contributed by atoms with van der Waals surface area (Å²) in [6.07, 6.45) is 4.28. The van der Waals surface area contributed by atoms with Crippen molar-refractivity contribution in [2.75, 3.05) is 18.0 Å². The van der Waals surface area contributed by atoms with Crippen molar-refractivity contribution < 1.29 is 9.59 Å². The van der Waals surface area contributed by atoms with E-state index in [0.717, 1.165) is 17.0 Å². The molecule has 4 rings (SSSR count). The van der Waals surface area contributed by atoms with Crippen LogP contribution in [0.4, 0.5) is 5.82 Å². The second kappa shape index (κ2) is 7.85. The van der Waals surface area contributed by atoms with Crippen molar-refractivity contribution in [1.29, 1.82) is 0 Å². The lowest BCUT2D eigenvalue weighted by Crippen LogP contribution is -2.44. The molecule has 144 valence electrons. The smallest absolute Gasteiger partial charge is 0.240 e. The predicted octanol–water partition coefficient (Wildman–Crippen LogP) is 2.02. The molecule has 0 fully saturated rings. The lowest BCUT2D eigenvalue weighted by atomic mass is 10.1. The molecule has 3 heterocycles. The second-order valence-electron chi connectivity index (χ2n) is 6.53. The quantitative estimate of drug-likeness (QED) is 0.664. The Bertz CT molecular complexity index is 998. The Morgan fingerprint density at radius 3 is 3.00 bits per heavy atom. The molecule has 0 atom stereocenters. The van der Waals surface area contributed by atoms with Crippen LogP contribution in [0.5, 0.6) is 0 Å². The van der Waals surface area contributed by atoms with Crippen molar-refractivity contribution >= 4 is 29.2 Å². The molecule has 9 heteroatoms. The number of H-pyrrole nitrogens is 1. The number of nitrogens with one attached hydrogen (secondary N) is 2. The third-order valence-electron chi connectivity index (χ3n) is 4.57. The molecule has 8 nitrogen and oxygen atoms in total. The summed E-state index contributed by atoms with van der Waals surface area (Å²) in [5.74, 6) is 0.315. The van der Waals surface area contributed by atoms with E-state index < -0.39 is 0 Å². The lowest BCUT2D eigenvalue weighted by molar-refractivity contribution is -0.124. The molecule has 0 radical (unpaired) electrons. The minimum Gasteiger partial charge on any atom is -0.354 e. The van der Waals surface area contributed by atoms with Crippen LogP contribution in [0.15, 0.2) is 42.9 Å². The Hall–Kier alpha value is -3.13. The number of nitrogens with zero attached hydrogens (tertiary/aromatic N) is 4. The Balaban J connectivity index is 1.46. The van der Waals surface area contributed by atoms with Gasteiger partial charge in [0.2, 0.25) is 11.8 Å². The number of carbonyl (C=O) groups excluding carboxylic acids is 2. The van der Waals surface area contributed by atoms with Crippen LogP contribution in [0.1, 0.15) is 12.1 Å². The molecule has 2 N–H and O–H groups in total. The highest BCUT2D eigenvalue weighted by Crippen LogP contribution is 2.29. The number of aryl methyl sites for hydroxylation is 1. The fraction of sp³-hybridized carbons (Fsp3) is 0.263. The summed E-state index contributed by atoms with van der Waals surface area (Å²) in [6.45, 7) is 0.922. The van der Waals surface area contributed by atoms with E-state index in [0.29, 0.717) is 36.8 Å². The average molecular weight is 399 g/mol. The minimum atomic E-state index is -0.216. The number of hydrogen-bond acceptors (Lipinski definition) is 4. The molecule has 2 amide bonds. The zero-order valence-corrected chi connectivity index (χ0v) is 15.8. The normalized spacial score (nSPS) is 13.5. The van der Waals surface area contributed by atoms with Gasteiger partial charge in [-0.15, -0.1) is 0 Å². The number of anilines is 1. The summed E-state index contributed by atoms with van der Waals surface area (Å²) >= 11 is 6.07. The van der Waals surface area contributed by atoms with Gasteiger partial charge in [-0.3, -0.25) is 14.5 Å². The molecular formula is C19H19ClN6O2. The third kappa shape index (κ3) is 3.91. The van der Waals surface area contributed by atoms with Crippen LogP contribution < -0.4 is 10.2 Å². The molecule has 0 saturated carbocycles. The van der Waals surface area contributed by atoms with Gasteiger partial charge in [-0.05, 0) is 12.1 Å². The van der Waals surface area contributed by atoms with Crippen LogP contribution in [0.3, 0.4) is 0 Å². The van der Waals surface area contributed by atoms with E-state index in [1.54, 1.807) is 23.3 Å². The van der Waals surface area contributed by atoms with Crippen LogP contribution in [0.25, 0.3) is 11.3 Å². The summed E-state index contributed by atoms with van der Waals surface area (Å²) in [7, 11) is 0. The van der Waals surface area contributed by atoms with Crippen molar-refractivity contribution in [3.63, 3.8) is 0 Å². The standard InChI is InChI=1S/C19H19ClN6O2/c20-14-3-1-2-13(8-14)16-9-18-25(19(28)5-7-26(18)24-16)11-17(27)22-6-4-15-10-21-12-23-15/h1-3,8-10,12H,4-7,11H2,(H,21,23)(H,22,27). The maximum absolute atomic E-state index is 12.4. The maximum Gasteiger partial charge on any atom is 0.240 e. The number of fused-ring (bicyclic) bond motifs is 1. The molecule has 3 aromatic rings. The second-order valence-corrected chi connectivity index (χ2v) is 6.96. The van der Waals surface area contributed by atoms with Gasteiger partial charge in [0.1, 0.15) is 12.4 Å². The number of imidazole rings is 1. The zero-order chi connectivity index (χ0) is 19.5. The Labute approximate surface area is 166 Å². The van der Waals surface area contributed by atoms with Crippen molar-refractivity contribution in [3.05, 3.63) is 53.6 Å². The van der Waals surface area contributed by atoms with Crippen LogP contribution in [-0.4, -0.2) is 44.7 Å². The minimum absolute atomic E-state index is 0.0392.